The summed E-state index contributed by atoms with van der Waals surface area (Å²) in [4.78, 5) is 20.1. The van der Waals surface area contributed by atoms with Gasteiger partial charge < -0.3 is 15.2 Å². The van der Waals surface area contributed by atoms with Crippen LogP contribution in [0.15, 0.2) is 29.0 Å². The largest absolute Gasteiger partial charge is 0.343 e. The predicted octanol–water partition coefficient (Wildman–Crippen LogP) is 1.59. The number of carbonyl (C=O) groups excluding carboxylic acids is 1. The van der Waals surface area contributed by atoms with Crippen LogP contribution in [-0.2, 0) is 4.79 Å². The Morgan fingerprint density at radius 2 is 2.18 bits per heavy atom. The van der Waals surface area contributed by atoms with Gasteiger partial charge in [-0.3, -0.25) is 9.78 Å². The average Bonchev–Trinajstić information content (AvgIpc) is 2.95. The number of nitrogens with zero attached hydrogens (tertiary/aromatic N) is 3. The second-order valence-corrected chi connectivity index (χ2v) is 5.02. The molecule has 0 radical (unpaired) electrons. The molecule has 1 unspecified atom stereocenters. The zero-order valence-electron chi connectivity index (χ0n) is 12.7. The lowest BCUT2D eigenvalue weighted by atomic mass is 10.0. The Balaban J connectivity index is 0.00000242. The van der Waals surface area contributed by atoms with Gasteiger partial charge >= 0.3 is 0 Å². The molecule has 0 bridgehead atoms. The third-order valence-corrected chi connectivity index (χ3v) is 2.95. The van der Waals surface area contributed by atoms with E-state index in [2.05, 4.69) is 25.8 Å². The molecule has 0 saturated carbocycles. The van der Waals surface area contributed by atoms with E-state index in [1.54, 1.807) is 25.5 Å². The van der Waals surface area contributed by atoms with Gasteiger partial charge in [0, 0.05) is 18.0 Å². The molecule has 2 aromatic heterocycles. The smallest absolute Gasteiger partial charge is 0.249 e. The van der Waals surface area contributed by atoms with Crippen molar-refractivity contribution in [1.82, 2.24) is 25.8 Å². The van der Waals surface area contributed by atoms with Crippen molar-refractivity contribution in [3.05, 3.63) is 30.4 Å². The van der Waals surface area contributed by atoms with Crippen LogP contribution in [0.25, 0.3) is 11.4 Å². The normalized spacial score (nSPS) is 11.8. The third-order valence-electron chi connectivity index (χ3n) is 2.95. The number of hydrogen-bond donors (Lipinski definition) is 2. The third kappa shape index (κ3) is 4.51. The number of aromatic nitrogens is 3. The van der Waals surface area contributed by atoms with E-state index in [0.29, 0.717) is 11.7 Å². The molecule has 0 fully saturated rings. The monoisotopic (exact) mass is 325 g/mol. The van der Waals surface area contributed by atoms with Crippen molar-refractivity contribution in [2.75, 3.05) is 13.6 Å². The van der Waals surface area contributed by atoms with Gasteiger partial charge in [-0.05, 0) is 25.1 Å². The van der Waals surface area contributed by atoms with Crippen molar-refractivity contribution in [2.45, 2.75) is 19.9 Å². The molecule has 2 heterocycles. The maximum absolute atomic E-state index is 11.7. The summed E-state index contributed by atoms with van der Waals surface area (Å²) < 4.78 is 5.30. The fourth-order valence-electron chi connectivity index (χ4n) is 1.87. The van der Waals surface area contributed by atoms with Gasteiger partial charge in [0.1, 0.15) is 6.04 Å². The van der Waals surface area contributed by atoms with Gasteiger partial charge in [-0.15, -0.1) is 12.4 Å². The molecule has 1 atom stereocenters. The molecule has 0 aliphatic rings. The Kier molecular flexibility index (Phi) is 6.94. The van der Waals surface area contributed by atoms with E-state index in [1.807, 2.05) is 19.9 Å². The van der Waals surface area contributed by atoms with E-state index < -0.39 is 0 Å². The van der Waals surface area contributed by atoms with E-state index in [-0.39, 0.29) is 36.8 Å². The van der Waals surface area contributed by atoms with Crippen molar-refractivity contribution < 1.29 is 9.32 Å². The van der Waals surface area contributed by atoms with Crippen LogP contribution >= 0.6 is 12.4 Å². The van der Waals surface area contributed by atoms with Crippen LogP contribution in [0.2, 0.25) is 0 Å². The summed E-state index contributed by atoms with van der Waals surface area (Å²) in [5.74, 6) is 0.880. The van der Waals surface area contributed by atoms with Crippen LogP contribution in [0, 0.1) is 5.92 Å². The molecule has 0 aliphatic heterocycles. The first-order valence-corrected chi connectivity index (χ1v) is 6.79. The maximum Gasteiger partial charge on any atom is 0.249 e. The molecule has 22 heavy (non-hydrogen) atoms. The van der Waals surface area contributed by atoms with Gasteiger partial charge in [0.15, 0.2) is 0 Å². The topological polar surface area (TPSA) is 92.9 Å². The highest BCUT2D eigenvalue weighted by atomic mass is 35.5. The van der Waals surface area contributed by atoms with Gasteiger partial charge in [0.05, 0.1) is 6.54 Å². The Bertz CT molecular complexity index is 588. The van der Waals surface area contributed by atoms with Gasteiger partial charge in [-0.2, -0.15) is 4.98 Å². The summed E-state index contributed by atoms with van der Waals surface area (Å²) >= 11 is 0. The molecule has 2 aromatic rings. The minimum absolute atomic E-state index is 0. The van der Waals surface area contributed by atoms with E-state index in [4.69, 9.17) is 4.52 Å². The predicted molar refractivity (Wildman–Crippen MR) is 84.4 cm³/mol. The summed E-state index contributed by atoms with van der Waals surface area (Å²) in [6, 6.07) is 3.34. The van der Waals surface area contributed by atoms with Crippen LogP contribution in [0.5, 0.6) is 0 Å². The number of pyridine rings is 1. The summed E-state index contributed by atoms with van der Waals surface area (Å²) in [6.07, 6.45) is 3.35. The Morgan fingerprint density at radius 3 is 2.77 bits per heavy atom. The van der Waals surface area contributed by atoms with Crippen LogP contribution in [0.1, 0.15) is 25.8 Å². The highest BCUT2D eigenvalue weighted by Crippen LogP contribution is 2.22. The van der Waals surface area contributed by atoms with E-state index in [9.17, 15) is 4.79 Å². The lowest BCUT2D eigenvalue weighted by Crippen LogP contribution is -2.37. The Morgan fingerprint density at radius 1 is 1.41 bits per heavy atom. The van der Waals surface area contributed by atoms with E-state index >= 15 is 0 Å². The quantitative estimate of drug-likeness (QED) is 0.837. The van der Waals surface area contributed by atoms with Crippen LogP contribution < -0.4 is 10.6 Å². The molecule has 0 aliphatic carbocycles. The molecular weight excluding hydrogens is 306 g/mol. The SMILES string of the molecule is CNCC(=O)NC(c1nc(-c2cccnc2)no1)C(C)C.Cl. The van der Waals surface area contributed by atoms with Crippen LogP contribution in [0.4, 0.5) is 0 Å². The van der Waals surface area contributed by atoms with Crippen molar-refractivity contribution in [3.8, 4) is 11.4 Å². The minimum atomic E-state index is -0.316. The van der Waals surface area contributed by atoms with E-state index in [0.717, 1.165) is 5.56 Å². The number of carbonyl (C=O) groups is 1. The van der Waals surface area contributed by atoms with Gasteiger partial charge in [0.25, 0.3) is 0 Å². The first kappa shape index (κ1) is 18.1. The Hall–Kier alpha value is -1.99. The van der Waals surface area contributed by atoms with Gasteiger partial charge in [-0.1, -0.05) is 19.0 Å². The standard InChI is InChI=1S/C14H19N5O2.ClH/c1-9(2)12(17-11(20)8-15-3)14-18-13(19-21-14)10-5-4-6-16-7-10;/h4-7,9,12,15H,8H2,1-3H3,(H,17,20);1H. The number of rotatable bonds is 6. The summed E-state index contributed by atoms with van der Waals surface area (Å²) in [5.41, 5.74) is 0.775. The maximum atomic E-state index is 11.7. The van der Waals surface area contributed by atoms with Gasteiger partial charge in [-0.25, -0.2) is 0 Å². The fourth-order valence-corrected chi connectivity index (χ4v) is 1.87. The molecule has 1 amide bonds. The molecule has 0 aromatic carbocycles. The number of nitrogens with one attached hydrogen (secondary N) is 2. The van der Waals surface area contributed by atoms with Crippen molar-refractivity contribution >= 4 is 18.3 Å². The first-order chi connectivity index (χ1) is 10.1. The lowest BCUT2D eigenvalue weighted by molar-refractivity contribution is -0.121. The highest BCUT2D eigenvalue weighted by Gasteiger charge is 2.24. The van der Waals surface area contributed by atoms with Gasteiger partial charge in [0.2, 0.25) is 17.6 Å². The molecular formula is C14H20ClN5O2. The number of hydrogen-bond acceptors (Lipinski definition) is 6. The minimum Gasteiger partial charge on any atom is -0.343 e. The van der Waals surface area contributed by atoms with Crippen LogP contribution in [0.3, 0.4) is 0 Å². The fraction of sp³-hybridized carbons (Fsp3) is 0.429. The number of halogens is 1. The summed E-state index contributed by atoms with van der Waals surface area (Å²) in [6.45, 7) is 4.21. The summed E-state index contributed by atoms with van der Waals surface area (Å²) in [7, 11) is 1.72. The van der Waals surface area contributed by atoms with Crippen molar-refractivity contribution in [1.29, 1.82) is 0 Å². The zero-order chi connectivity index (χ0) is 15.2. The van der Waals surface area contributed by atoms with Crippen LogP contribution in [-0.4, -0.2) is 34.6 Å². The summed E-state index contributed by atoms with van der Waals surface area (Å²) in [5, 5.41) is 9.64. The first-order valence-electron chi connectivity index (χ1n) is 6.79. The molecule has 120 valence electrons. The number of amides is 1. The second kappa shape index (κ2) is 8.45. The van der Waals surface area contributed by atoms with Crippen molar-refractivity contribution in [2.24, 2.45) is 5.92 Å². The highest BCUT2D eigenvalue weighted by molar-refractivity contribution is 5.85. The number of likely N-dealkylation sites (N-methyl/N-ethyl adjacent to an activating group) is 1. The molecule has 0 saturated heterocycles. The molecule has 2 rings (SSSR count). The Labute approximate surface area is 135 Å². The lowest BCUT2D eigenvalue weighted by Gasteiger charge is -2.18. The zero-order valence-corrected chi connectivity index (χ0v) is 13.6. The average molecular weight is 326 g/mol. The van der Waals surface area contributed by atoms with E-state index in [1.165, 1.54) is 0 Å². The molecule has 8 heteroatoms. The second-order valence-electron chi connectivity index (χ2n) is 5.02. The molecule has 2 N–H and O–H groups in total. The molecule has 0 spiro atoms. The van der Waals surface area contributed by atoms with Crippen molar-refractivity contribution in [3.63, 3.8) is 0 Å². The molecule has 7 nitrogen and oxygen atoms in total.